The zero-order valence-corrected chi connectivity index (χ0v) is 15.2. The van der Waals surface area contributed by atoms with Crippen LogP contribution in [0.15, 0.2) is 60.7 Å². The molecule has 1 saturated heterocycles. The van der Waals surface area contributed by atoms with Crippen molar-refractivity contribution in [2.24, 2.45) is 0 Å². The molecule has 0 radical (unpaired) electrons. The zero-order valence-electron chi connectivity index (χ0n) is 14.4. The fourth-order valence-electron chi connectivity index (χ4n) is 3.50. The summed E-state index contributed by atoms with van der Waals surface area (Å²) < 4.78 is 6.57. The minimum absolute atomic E-state index is 0.271. The summed E-state index contributed by atoms with van der Waals surface area (Å²) in [6, 6.07) is 20.8. The van der Waals surface area contributed by atoms with Crippen molar-refractivity contribution in [1.29, 1.82) is 0 Å². The maximum atomic E-state index is 6.57. The van der Waals surface area contributed by atoms with Crippen LogP contribution >= 0.6 is 11.6 Å². The Morgan fingerprint density at radius 2 is 1.64 bits per heavy atom. The van der Waals surface area contributed by atoms with Gasteiger partial charge < -0.3 is 9.64 Å². The number of hydrogen-bond donors (Lipinski definition) is 0. The molecular formula is C22H22ClNO. The summed E-state index contributed by atoms with van der Waals surface area (Å²) in [5.41, 5.74) is 2.27. The predicted molar refractivity (Wildman–Crippen MR) is 106 cm³/mol. The minimum Gasteiger partial charge on any atom is -0.489 e. The monoisotopic (exact) mass is 351 g/mol. The molecule has 1 aliphatic heterocycles. The highest BCUT2D eigenvalue weighted by Gasteiger charge is 2.21. The van der Waals surface area contributed by atoms with E-state index in [0.29, 0.717) is 0 Å². The van der Waals surface area contributed by atoms with Crippen molar-refractivity contribution in [3.8, 4) is 16.9 Å². The molecule has 25 heavy (non-hydrogen) atoms. The number of likely N-dealkylation sites (tertiary alicyclic amines) is 1. The molecule has 0 saturated carbocycles. The van der Waals surface area contributed by atoms with E-state index in [9.17, 15) is 0 Å². The van der Waals surface area contributed by atoms with Crippen molar-refractivity contribution in [3.05, 3.63) is 65.7 Å². The van der Waals surface area contributed by atoms with Crippen molar-refractivity contribution in [2.75, 3.05) is 20.1 Å². The second kappa shape index (κ2) is 7.07. The first-order chi connectivity index (χ1) is 12.2. The average Bonchev–Trinajstić information content (AvgIpc) is 2.65. The SMILES string of the molecule is CN1CCC(Oc2c(-c3ccc(Cl)cc3)ccc3ccccc23)CC1. The number of fused-ring (bicyclic) bond motifs is 1. The number of rotatable bonds is 3. The van der Waals surface area contributed by atoms with Gasteiger partial charge in [-0.15, -0.1) is 0 Å². The molecule has 0 spiro atoms. The van der Waals surface area contributed by atoms with Gasteiger partial charge in [0.2, 0.25) is 0 Å². The van der Waals surface area contributed by atoms with Crippen molar-refractivity contribution in [2.45, 2.75) is 18.9 Å². The van der Waals surface area contributed by atoms with Gasteiger partial charge in [-0.2, -0.15) is 0 Å². The van der Waals surface area contributed by atoms with E-state index in [1.165, 1.54) is 10.8 Å². The molecule has 1 fully saturated rings. The summed E-state index contributed by atoms with van der Waals surface area (Å²) in [6.45, 7) is 2.18. The molecule has 3 aromatic carbocycles. The van der Waals surface area contributed by atoms with Gasteiger partial charge in [0.1, 0.15) is 11.9 Å². The topological polar surface area (TPSA) is 12.5 Å². The number of ether oxygens (including phenoxy) is 1. The van der Waals surface area contributed by atoms with Gasteiger partial charge in [0.15, 0.2) is 0 Å². The van der Waals surface area contributed by atoms with E-state index in [0.717, 1.165) is 47.8 Å². The van der Waals surface area contributed by atoms with E-state index in [-0.39, 0.29) is 6.10 Å². The van der Waals surface area contributed by atoms with Gasteiger partial charge in [-0.1, -0.05) is 60.1 Å². The number of benzene rings is 3. The Labute approximate surface area is 154 Å². The van der Waals surface area contributed by atoms with Gasteiger partial charge in [-0.3, -0.25) is 0 Å². The minimum atomic E-state index is 0.271. The third-order valence-corrected chi connectivity index (χ3v) is 5.24. The lowest BCUT2D eigenvalue weighted by molar-refractivity contribution is 0.116. The highest BCUT2D eigenvalue weighted by atomic mass is 35.5. The quantitative estimate of drug-likeness (QED) is 0.606. The van der Waals surface area contributed by atoms with Crippen molar-refractivity contribution in [1.82, 2.24) is 4.90 Å². The maximum Gasteiger partial charge on any atom is 0.135 e. The zero-order chi connectivity index (χ0) is 17.2. The van der Waals surface area contributed by atoms with Crippen molar-refractivity contribution in [3.63, 3.8) is 0 Å². The second-order valence-corrected chi connectivity index (χ2v) is 7.23. The Hall–Kier alpha value is -2.03. The van der Waals surface area contributed by atoms with Crippen LogP contribution in [0.4, 0.5) is 0 Å². The summed E-state index contributed by atoms with van der Waals surface area (Å²) >= 11 is 6.07. The lowest BCUT2D eigenvalue weighted by atomic mass is 9.99. The largest absolute Gasteiger partial charge is 0.489 e. The molecule has 1 aliphatic rings. The first kappa shape index (κ1) is 16.4. The van der Waals surface area contributed by atoms with Crippen LogP contribution < -0.4 is 4.74 Å². The molecular weight excluding hydrogens is 330 g/mol. The normalized spacial score (nSPS) is 16.2. The standard InChI is InChI=1S/C22H22ClNO/c1-24-14-12-19(13-15-24)25-22-20-5-3-2-4-16(20)8-11-21(22)17-6-9-18(23)10-7-17/h2-11,19H,12-15H2,1H3. The summed E-state index contributed by atoms with van der Waals surface area (Å²) in [6.07, 6.45) is 2.41. The van der Waals surface area contributed by atoms with E-state index in [1.807, 2.05) is 12.1 Å². The highest BCUT2D eigenvalue weighted by Crippen LogP contribution is 2.38. The van der Waals surface area contributed by atoms with Gasteiger partial charge in [-0.25, -0.2) is 0 Å². The second-order valence-electron chi connectivity index (χ2n) is 6.79. The Morgan fingerprint density at radius 1 is 0.920 bits per heavy atom. The molecule has 0 bridgehead atoms. The average molecular weight is 352 g/mol. The van der Waals surface area contributed by atoms with Gasteiger partial charge in [0, 0.05) is 29.1 Å². The molecule has 4 rings (SSSR count). The molecule has 0 aliphatic carbocycles. The van der Waals surface area contributed by atoms with Gasteiger partial charge in [0.05, 0.1) is 0 Å². The van der Waals surface area contributed by atoms with Gasteiger partial charge >= 0.3 is 0 Å². The first-order valence-electron chi connectivity index (χ1n) is 8.83. The third-order valence-electron chi connectivity index (χ3n) is 4.98. The van der Waals surface area contributed by atoms with Crippen LogP contribution in [0.25, 0.3) is 21.9 Å². The first-order valence-corrected chi connectivity index (χ1v) is 9.21. The van der Waals surface area contributed by atoms with Crippen LogP contribution in [-0.4, -0.2) is 31.1 Å². The Kier molecular flexibility index (Phi) is 4.65. The Bertz CT molecular complexity index is 867. The molecule has 0 atom stereocenters. The van der Waals surface area contributed by atoms with E-state index in [2.05, 4.69) is 60.5 Å². The lowest BCUT2D eigenvalue weighted by Gasteiger charge is -2.30. The van der Waals surface area contributed by atoms with E-state index >= 15 is 0 Å². The van der Waals surface area contributed by atoms with Crippen LogP contribution in [0.5, 0.6) is 5.75 Å². The third kappa shape index (κ3) is 3.51. The van der Waals surface area contributed by atoms with Gasteiger partial charge in [0.25, 0.3) is 0 Å². The molecule has 0 aromatic heterocycles. The molecule has 1 heterocycles. The van der Waals surface area contributed by atoms with E-state index in [4.69, 9.17) is 16.3 Å². The smallest absolute Gasteiger partial charge is 0.135 e. The molecule has 0 N–H and O–H groups in total. The highest BCUT2D eigenvalue weighted by molar-refractivity contribution is 6.30. The number of halogens is 1. The summed E-state index contributed by atoms with van der Waals surface area (Å²) in [7, 11) is 2.17. The number of nitrogens with zero attached hydrogens (tertiary/aromatic N) is 1. The van der Waals surface area contributed by atoms with Gasteiger partial charge in [-0.05, 0) is 43.0 Å². The van der Waals surface area contributed by atoms with Crippen LogP contribution in [0.3, 0.4) is 0 Å². The number of hydrogen-bond acceptors (Lipinski definition) is 2. The van der Waals surface area contributed by atoms with Crippen LogP contribution in [0.2, 0.25) is 5.02 Å². The fraction of sp³-hybridized carbons (Fsp3) is 0.273. The molecule has 0 amide bonds. The van der Waals surface area contributed by atoms with Crippen LogP contribution in [-0.2, 0) is 0 Å². The molecule has 0 unspecified atom stereocenters. The molecule has 3 heteroatoms. The van der Waals surface area contributed by atoms with Crippen molar-refractivity contribution >= 4 is 22.4 Å². The number of piperidine rings is 1. The summed E-state index contributed by atoms with van der Waals surface area (Å²) in [5.74, 6) is 0.995. The van der Waals surface area contributed by atoms with Crippen molar-refractivity contribution < 1.29 is 4.74 Å². The molecule has 128 valence electrons. The molecule has 2 nitrogen and oxygen atoms in total. The predicted octanol–water partition coefficient (Wildman–Crippen LogP) is 5.63. The van der Waals surface area contributed by atoms with E-state index in [1.54, 1.807) is 0 Å². The Balaban J connectivity index is 1.78. The van der Waals surface area contributed by atoms with E-state index < -0.39 is 0 Å². The lowest BCUT2D eigenvalue weighted by Crippen LogP contribution is -2.35. The fourth-order valence-corrected chi connectivity index (χ4v) is 3.62. The summed E-state index contributed by atoms with van der Waals surface area (Å²) in [4.78, 5) is 2.36. The van der Waals surface area contributed by atoms with Crippen LogP contribution in [0, 0.1) is 0 Å². The molecule has 3 aromatic rings. The Morgan fingerprint density at radius 3 is 2.40 bits per heavy atom. The summed E-state index contributed by atoms with van der Waals surface area (Å²) in [5, 5.41) is 3.14. The van der Waals surface area contributed by atoms with Crippen LogP contribution in [0.1, 0.15) is 12.8 Å². The maximum absolute atomic E-state index is 6.57.